The topological polar surface area (TPSA) is 65.2 Å². The highest BCUT2D eigenvalue weighted by molar-refractivity contribution is 7.14. The second-order valence-corrected chi connectivity index (χ2v) is 6.76. The van der Waals surface area contributed by atoms with E-state index in [9.17, 15) is 13.6 Å². The van der Waals surface area contributed by atoms with Gasteiger partial charge in [0.15, 0.2) is 22.0 Å². The maximum atomic E-state index is 13.8. The minimum absolute atomic E-state index is 0.146. The standard InChI is InChI=1S/C19H16F2N2O3S/c1-4-25-11(3)18-10(2)17(24)14(9-26-18)19-23-22-16(27-19)7-12-5-6-13(20)8-15(12)21/h5-6,8-9H,3-4,7H2,1-2H3. The lowest BCUT2D eigenvalue weighted by Crippen LogP contribution is -2.11. The summed E-state index contributed by atoms with van der Waals surface area (Å²) in [4.78, 5) is 12.6. The van der Waals surface area contributed by atoms with E-state index in [4.69, 9.17) is 9.15 Å². The molecule has 0 amide bonds. The first-order valence-corrected chi connectivity index (χ1v) is 8.93. The van der Waals surface area contributed by atoms with Gasteiger partial charge in [-0.25, -0.2) is 8.78 Å². The Morgan fingerprint density at radius 2 is 2.11 bits per heavy atom. The van der Waals surface area contributed by atoms with Crippen LogP contribution in [0.1, 0.15) is 28.8 Å². The van der Waals surface area contributed by atoms with Gasteiger partial charge in [-0.2, -0.15) is 0 Å². The summed E-state index contributed by atoms with van der Waals surface area (Å²) in [6.45, 7) is 7.57. The van der Waals surface area contributed by atoms with Crippen molar-refractivity contribution in [2.24, 2.45) is 0 Å². The summed E-state index contributed by atoms with van der Waals surface area (Å²) in [5, 5.41) is 8.85. The number of hydrogen-bond acceptors (Lipinski definition) is 6. The van der Waals surface area contributed by atoms with Gasteiger partial charge < -0.3 is 9.15 Å². The molecule has 0 fully saturated rings. The Balaban J connectivity index is 1.89. The summed E-state index contributed by atoms with van der Waals surface area (Å²) in [6.07, 6.45) is 1.44. The molecule has 0 saturated heterocycles. The van der Waals surface area contributed by atoms with Crippen molar-refractivity contribution in [2.75, 3.05) is 6.61 Å². The summed E-state index contributed by atoms with van der Waals surface area (Å²) in [5.41, 5.74) is 0.634. The third kappa shape index (κ3) is 3.95. The fourth-order valence-electron chi connectivity index (χ4n) is 2.49. The number of rotatable bonds is 6. The highest BCUT2D eigenvalue weighted by Gasteiger charge is 2.18. The maximum absolute atomic E-state index is 13.8. The van der Waals surface area contributed by atoms with Gasteiger partial charge in [0, 0.05) is 18.1 Å². The van der Waals surface area contributed by atoms with Crippen LogP contribution >= 0.6 is 11.3 Å². The van der Waals surface area contributed by atoms with Crippen LogP contribution < -0.4 is 5.43 Å². The van der Waals surface area contributed by atoms with E-state index in [1.807, 2.05) is 0 Å². The Morgan fingerprint density at radius 3 is 2.81 bits per heavy atom. The van der Waals surface area contributed by atoms with Gasteiger partial charge in [-0.1, -0.05) is 24.0 Å². The molecule has 0 saturated carbocycles. The second-order valence-electron chi connectivity index (χ2n) is 5.70. The van der Waals surface area contributed by atoms with Crippen molar-refractivity contribution < 1.29 is 17.9 Å². The van der Waals surface area contributed by atoms with Crippen LogP contribution in [-0.2, 0) is 11.2 Å². The van der Waals surface area contributed by atoms with Crippen molar-refractivity contribution in [1.82, 2.24) is 10.2 Å². The molecule has 5 nitrogen and oxygen atoms in total. The quantitative estimate of drug-likeness (QED) is 0.586. The monoisotopic (exact) mass is 390 g/mol. The van der Waals surface area contributed by atoms with E-state index in [0.29, 0.717) is 27.7 Å². The van der Waals surface area contributed by atoms with Gasteiger partial charge in [-0.05, 0) is 25.5 Å². The Hall–Kier alpha value is -2.87. The van der Waals surface area contributed by atoms with Gasteiger partial charge in [-0.15, -0.1) is 10.2 Å². The fraction of sp³-hybridized carbons (Fsp3) is 0.211. The van der Waals surface area contributed by atoms with Crippen LogP contribution in [0.25, 0.3) is 16.3 Å². The third-order valence-corrected chi connectivity index (χ3v) is 4.80. The number of aromatic nitrogens is 2. The van der Waals surface area contributed by atoms with E-state index in [1.165, 1.54) is 18.4 Å². The van der Waals surface area contributed by atoms with Gasteiger partial charge in [0.2, 0.25) is 0 Å². The molecule has 2 aromatic heterocycles. The predicted octanol–water partition coefficient (Wildman–Crippen LogP) is 4.34. The zero-order chi connectivity index (χ0) is 19.6. The number of benzene rings is 1. The van der Waals surface area contributed by atoms with Gasteiger partial charge in [0.1, 0.15) is 22.9 Å². The molecule has 0 atom stereocenters. The van der Waals surface area contributed by atoms with Crippen LogP contribution in [0.3, 0.4) is 0 Å². The molecule has 0 aliphatic carbocycles. The molecular formula is C19H16F2N2O3S. The van der Waals surface area contributed by atoms with E-state index in [0.717, 1.165) is 17.4 Å². The van der Waals surface area contributed by atoms with Crippen molar-refractivity contribution in [2.45, 2.75) is 20.3 Å². The zero-order valence-corrected chi connectivity index (χ0v) is 15.5. The molecule has 0 N–H and O–H groups in total. The highest BCUT2D eigenvalue weighted by atomic mass is 32.1. The van der Waals surface area contributed by atoms with Gasteiger partial charge >= 0.3 is 0 Å². The zero-order valence-electron chi connectivity index (χ0n) is 14.7. The molecule has 0 spiro atoms. The van der Waals surface area contributed by atoms with Crippen LogP contribution in [-0.4, -0.2) is 16.8 Å². The minimum atomic E-state index is -0.652. The molecule has 0 bridgehead atoms. The first kappa shape index (κ1) is 18.9. The lowest BCUT2D eigenvalue weighted by Gasteiger charge is -2.08. The van der Waals surface area contributed by atoms with Crippen LogP contribution in [0.4, 0.5) is 8.78 Å². The van der Waals surface area contributed by atoms with Gasteiger partial charge in [0.05, 0.1) is 12.2 Å². The molecule has 8 heteroatoms. The molecule has 0 radical (unpaired) electrons. The first-order valence-electron chi connectivity index (χ1n) is 8.11. The molecule has 3 aromatic rings. The predicted molar refractivity (Wildman–Crippen MR) is 98.4 cm³/mol. The van der Waals surface area contributed by atoms with Crippen LogP contribution in [0.2, 0.25) is 0 Å². The lowest BCUT2D eigenvalue weighted by molar-refractivity contribution is 0.286. The van der Waals surface area contributed by atoms with Gasteiger partial charge in [-0.3, -0.25) is 4.79 Å². The van der Waals surface area contributed by atoms with E-state index >= 15 is 0 Å². The smallest absolute Gasteiger partial charge is 0.198 e. The number of halogens is 2. The Labute approximate surface area is 158 Å². The fourth-order valence-corrected chi connectivity index (χ4v) is 3.35. The molecule has 0 aliphatic rings. The van der Waals surface area contributed by atoms with Crippen molar-refractivity contribution >= 4 is 17.1 Å². The normalized spacial score (nSPS) is 10.8. The molecule has 140 valence electrons. The molecule has 3 rings (SSSR count). The Kier molecular flexibility index (Phi) is 5.46. The lowest BCUT2D eigenvalue weighted by atomic mass is 10.1. The molecule has 2 heterocycles. The van der Waals surface area contributed by atoms with E-state index in [1.54, 1.807) is 13.8 Å². The van der Waals surface area contributed by atoms with Crippen molar-refractivity contribution in [3.63, 3.8) is 0 Å². The molecule has 1 aromatic carbocycles. The molecule has 27 heavy (non-hydrogen) atoms. The largest absolute Gasteiger partial charge is 0.491 e. The molecule has 0 aliphatic heterocycles. The Bertz CT molecular complexity index is 1060. The van der Waals surface area contributed by atoms with Gasteiger partial charge in [0.25, 0.3) is 0 Å². The van der Waals surface area contributed by atoms with E-state index in [-0.39, 0.29) is 28.9 Å². The SMILES string of the molecule is C=C(OCC)c1occ(-c2nnc(Cc3ccc(F)cc3F)s2)c(=O)c1C. The third-order valence-electron chi connectivity index (χ3n) is 3.85. The van der Waals surface area contributed by atoms with E-state index in [2.05, 4.69) is 16.8 Å². The van der Waals surface area contributed by atoms with Crippen molar-refractivity contribution in [3.8, 4) is 10.6 Å². The van der Waals surface area contributed by atoms with Crippen molar-refractivity contribution in [1.29, 1.82) is 0 Å². The maximum Gasteiger partial charge on any atom is 0.198 e. The average molecular weight is 390 g/mol. The summed E-state index contributed by atoms with van der Waals surface area (Å²) >= 11 is 1.14. The highest BCUT2D eigenvalue weighted by Crippen LogP contribution is 2.26. The summed E-state index contributed by atoms with van der Waals surface area (Å²) in [7, 11) is 0. The first-order chi connectivity index (χ1) is 12.9. The molecular weight excluding hydrogens is 374 g/mol. The molecule has 0 unspecified atom stereocenters. The summed E-state index contributed by atoms with van der Waals surface area (Å²) < 4.78 is 37.6. The summed E-state index contributed by atoms with van der Waals surface area (Å²) in [5.74, 6) is -0.732. The van der Waals surface area contributed by atoms with E-state index < -0.39 is 11.6 Å². The van der Waals surface area contributed by atoms with Crippen molar-refractivity contribution in [3.05, 3.63) is 74.8 Å². The van der Waals surface area contributed by atoms with Crippen LogP contribution in [0, 0.1) is 18.6 Å². The minimum Gasteiger partial charge on any atom is -0.491 e. The number of nitrogens with zero attached hydrogens (tertiary/aromatic N) is 2. The summed E-state index contributed by atoms with van der Waals surface area (Å²) in [6, 6.07) is 3.36. The second kappa shape index (κ2) is 7.79. The number of hydrogen-bond donors (Lipinski definition) is 0. The van der Waals surface area contributed by atoms with Crippen LogP contribution in [0.15, 0.2) is 40.3 Å². The Morgan fingerprint density at radius 1 is 1.33 bits per heavy atom. The number of ether oxygens (including phenoxy) is 1. The average Bonchev–Trinajstić information content (AvgIpc) is 3.08. The van der Waals surface area contributed by atoms with Crippen LogP contribution in [0.5, 0.6) is 0 Å².